The first-order valence-corrected chi connectivity index (χ1v) is 7.35. The smallest absolute Gasteiger partial charge is 0.356 e. The number of benzene rings is 1. The highest BCUT2D eigenvalue weighted by Crippen LogP contribution is 2.40. The number of aromatic nitrogens is 1. The summed E-state index contributed by atoms with van der Waals surface area (Å²) in [6, 6.07) is 2.61. The molecule has 3 nitrogen and oxygen atoms in total. The van der Waals surface area contributed by atoms with E-state index in [1.807, 2.05) is 0 Å². The first kappa shape index (κ1) is 16.4. The van der Waals surface area contributed by atoms with Crippen LogP contribution in [-0.4, -0.2) is 17.8 Å². The van der Waals surface area contributed by atoms with Crippen LogP contribution < -0.4 is 4.90 Å². The molecular weight excluding hydrogens is 324 g/mol. The van der Waals surface area contributed by atoms with Gasteiger partial charge in [-0.2, -0.15) is 13.2 Å². The molecule has 2 aromatic rings. The number of carbonyl (C=O) groups is 1. The predicted molar refractivity (Wildman–Crippen MR) is 80.2 cm³/mol. The first-order valence-electron chi connectivity index (χ1n) is 7.35. The summed E-state index contributed by atoms with van der Waals surface area (Å²) in [5, 5.41) is 0. The lowest BCUT2D eigenvalue weighted by atomic mass is 9.90. The molecule has 0 spiro atoms. The van der Waals surface area contributed by atoms with Crippen LogP contribution in [0.25, 0.3) is 0 Å². The molecule has 0 aliphatic carbocycles. The van der Waals surface area contributed by atoms with Gasteiger partial charge in [0.1, 0.15) is 18.1 Å². The number of rotatable bonds is 2. The van der Waals surface area contributed by atoms with Crippen molar-refractivity contribution in [2.75, 3.05) is 11.4 Å². The van der Waals surface area contributed by atoms with Crippen molar-refractivity contribution in [3.8, 4) is 0 Å². The van der Waals surface area contributed by atoms with Crippen molar-refractivity contribution in [1.29, 1.82) is 0 Å². The van der Waals surface area contributed by atoms with E-state index in [2.05, 4.69) is 4.98 Å². The van der Waals surface area contributed by atoms with Gasteiger partial charge in [0.25, 0.3) is 0 Å². The molecule has 0 bridgehead atoms. The normalized spacial score (nSPS) is 17.5. The second-order valence-electron chi connectivity index (χ2n) is 5.68. The van der Waals surface area contributed by atoms with Crippen molar-refractivity contribution >= 4 is 12.0 Å². The Balaban J connectivity index is 2.15. The Hall–Kier alpha value is -2.44. The summed E-state index contributed by atoms with van der Waals surface area (Å²) in [5.74, 6) is -1.37. The highest BCUT2D eigenvalue weighted by Gasteiger charge is 2.39. The maximum Gasteiger partial charge on any atom is 0.419 e. The maximum atomic E-state index is 14.6. The third kappa shape index (κ3) is 2.64. The highest BCUT2D eigenvalue weighted by molar-refractivity contribution is 5.72. The minimum atomic E-state index is -4.81. The van der Waals surface area contributed by atoms with E-state index in [9.17, 15) is 22.4 Å². The molecule has 1 unspecified atom stereocenters. The SMILES string of the molecule is Cc1ccncc1N1CCc2ccc(C(F)(F)F)c(F)c2C1C=O. The Kier molecular flexibility index (Phi) is 4.03. The van der Waals surface area contributed by atoms with Gasteiger partial charge >= 0.3 is 6.18 Å². The number of nitrogens with zero attached hydrogens (tertiary/aromatic N) is 2. The van der Waals surface area contributed by atoms with Crippen molar-refractivity contribution in [3.63, 3.8) is 0 Å². The van der Waals surface area contributed by atoms with Crippen LogP contribution in [-0.2, 0) is 17.4 Å². The summed E-state index contributed by atoms with van der Waals surface area (Å²) in [6.07, 6.45) is -0.868. The number of hydrogen-bond donors (Lipinski definition) is 0. The van der Waals surface area contributed by atoms with Crippen LogP contribution in [0, 0.1) is 12.7 Å². The van der Waals surface area contributed by atoms with Crippen molar-refractivity contribution in [1.82, 2.24) is 4.98 Å². The van der Waals surface area contributed by atoms with E-state index in [1.165, 1.54) is 12.3 Å². The quantitative estimate of drug-likeness (QED) is 0.616. The van der Waals surface area contributed by atoms with Gasteiger partial charge in [-0.05, 0) is 36.6 Å². The van der Waals surface area contributed by atoms with Gasteiger partial charge in [0, 0.05) is 18.3 Å². The number of anilines is 1. The molecule has 0 saturated carbocycles. The number of halogens is 4. The van der Waals surface area contributed by atoms with E-state index in [1.54, 1.807) is 24.1 Å². The van der Waals surface area contributed by atoms with Crippen LogP contribution in [0.3, 0.4) is 0 Å². The standard InChI is InChI=1S/C17H14F4N2O/c1-10-4-6-22-8-13(10)23-7-5-11-2-3-12(17(19,20)21)16(18)15(11)14(23)9-24/h2-4,6,8-9,14H,5,7H2,1H3. The minimum absolute atomic E-state index is 0.200. The lowest BCUT2D eigenvalue weighted by Gasteiger charge is -2.37. The second kappa shape index (κ2) is 5.89. The van der Waals surface area contributed by atoms with Crippen LogP contribution in [0.1, 0.15) is 28.3 Å². The maximum absolute atomic E-state index is 14.6. The molecule has 1 aromatic carbocycles. The van der Waals surface area contributed by atoms with E-state index < -0.39 is 23.6 Å². The monoisotopic (exact) mass is 338 g/mol. The fourth-order valence-corrected chi connectivity index (χ4v) is 3.09. The van der Waals surface area contributed by atoms with Crippen LogP contribution >= 0.6 is 0 Å². The van der Waals surface area contributed by atoms with Gasteiger partial charge < -0.3 is 9.69 Å². The molecule has 0 amide bonds. The van der Waals surface area contributed by atoms with Gasteiger partial charge in [0.15, 0.2) is 0 Å². The Morgan fingerprint density at radius 2 is 2.04 bits per heavy atom. The Morgan fingerprint density at radius 1 is 1.29 bits per heavy atom. The molecule has 0 fully saturated rings. The van der Waals surface area contributed by atoms with E-state index in [0.29, 0.717) is 30.5 Å². The van der Waals surface area contributed by atoms with Crippen molar-refractivity contribution in [2.24, 2.45) is 0 Å². The number of aldehydes is 1. The van der Waals surface area contributed by atoms with Crippen LogP contribution in [0.4, 0.5) is 23.2 Å². The van der Waals surface area contributed by atoms with Gasteiger partial charge in [-0.15, -0.1) is 0 Å². The molecule has 0 radical (unpaired) electrons. The third-order valence-corrected chi connectivity index (χ3v) is 4.28. The van der Waals surface area contributed by atoms with E-state index in [4.69, 9.17) is 0 Å². The van der Waals surface area contributed by atoms with E-state index in [0.717, 1.165) is 11.6 Å². The fourth-order valence-electron chi connectivity index (χ4n) is 3.09. The summed E-state index contributed by atoms with van der Waals surface area (Å²) in [7, 11) is 0. The molecule has 7 heteroatoms. The van der Waals surface area contributed by atoms with Gasteiger partial charge in [-0.3, -0.25) is 4.98 Å². The average molecular weight is 338 g/mol. The number of hydrogen-bond acceptors (Lipinski definition) is 3. The minimum Gasteiger partial charge on any atom is -0.356 e. The molecule has 126 valence electrons. The van der Waals surface area contributed by atoms with Crippen molar-refractivity contribution in [3.05, 3.63) is 58.7 Å². The van der Waals surface area contributed by atoms with Gasteiger partial charge in [-0.1, -0.05) is 6.07 Å². The second-order valence-corrected chi connectivity index (χ2v) is 5.68. The van der Waals surface area contributed by atoms with Crippen LogP contribution in [0.15, 0.2) is 30.6 Å². The Bertz CT molecular complexity index is 789. The number of pyridine rings is 1. The molecular formula is C17H14F4N2O. The molecule has 1 atom stereocenters. The summed E-state index contributed by atoms with van der Waals surface area (Å²) in [4.78, 5) is 17.2. The largest absolute Gasteiger partial charge is 0.419 e. The zero-order valence-corrected chi connectivity index (χ0v) is 12.8. The average Bonchev–Trinajstić information content (AvgIpc) is 2.53. The Labute approximate surface area is 135 Å². The predicted octanol–water partition coefficient (Wildman–Crippen LogP) is 3.85. The van der Waals surface area contributed by atoms with Crippen LogP contribution in [0.2, 0.25) is 0 Å². The molecule has 1 aromatic heterocycles. The number of alkyl halides is 3. The Morgan fingerprint density at radius 3 is 2.67 bits per heavy atom. The van der Waals surface area contributed by atoms with Gasteiger partial charge in [0.05, 0.1) is 17.4 Å². The van der Waals surface area contributed by atoms with Gasteiger partial charge in [0.2, 0.25) is 0 Å². The van der Waals surface area contributed by atoms with Crippen LogP contribution in [0.5, 0.6) is 0 Å². The number of carbonyl (C=O) groups excluding carboxylic acids is 1. The fraction of sp³-hybridized carbons (Fsp3) is 0.294. The molecule has 2 heterocycles. The summed E-state index contributed by atoms with van der Waals surface area (Å²) in [5.41, 5.74) is 0.298. The zero-order valence-electron chi connectivity index (χ0n) is 12.8. The molecule has 0 N–H and O–H groups in total. The van der Waals surface area contributed by atoms with E-state index >= 15 is 0 Å². The molecule has 0 saturated heterocycles. The lowest BCUT2D eigenvalue weighted by Crippen LogP contribution is -2.38. The number of aryl methyl sites for hydroxylation is 1. The molecule has 1 aliphatic rings. The highest BCUT2D eigenvalue weighted by atomic mass is 19.4. The topological polar surface area (TPSA) is 33.2 Å². The first-order chi connectivity index (χ1) is 11.3. The summed E-state index contributed by atoms with van der Waals surface area (Å²) < 4.78 is 53.5. The van der Waals surface area contributed by atoms with Crippen molar-refractivity contribution < 1.29 is 22.4 Å². The summed E-state index contributed by atoms with van der Waals surface area (Å²) in [6.45, 7) is 2.20. The van der Waals surface area contributed by atoms with Gasteiger partial charge in [-0.25, -0.2) is 4.39 Å². The lowest BCUT2D eigenvalue weighted by molar-refractivity contribution is -0.140. The molecule has 1 aliphatic heterocycles. The molecule has 24 heavy (non-hydrogen) atoms. The zero-order chi connectivity index (χ0) is 17.5. The van der Waals surface area contributed by atoms with E-state index in [-0.39, 0.29) is 5.56 Å². The summed E-state index contributed by atoms with van der Waals surface area (Å²) >= 11 is 0. The molecule has 3 rings (SSSR count). The third-order valence-electron chi connectivity index (χ3n) is 4.28. The van der Waals surface area contributed by atoms with Crippen molar-refractivity contribution in [2.45, 2.75) is 25.6 Å². The number of fused-ring (bicyclic) bond motifs is 1.